The molecule has 2 fully saturated rings. The molecule has 1 atom stereocenters. The van der Waals surface area contributed by atoms with Crippen LogP contribution in [0.25, 0.3) is 17.2 Å². The molecule has 5 rings (SSSR count). The van der Waals surface area contributed by atoms with Gasteiger partial charge in [0.25, 0.3) is 11.8 Å². The average Bonchev–Trinajstić information content (AvgIpc) is 3.24. The van der Waals surface area contributed by atoms with Crippen LogP contribution in [0.15, 0.2) is 47.5 Å². The van der Waals surface area contributed by atoms with E-state index in [-0.39, 0.29) is 25.0 Å². The molecule has 3 aliphatic rings. The van der Waals surface area contributed by atoms with E-state index in [1.54, 1.807) is 9.80 Å². The second-order valence-corrected chi connectivity index (χ2v) is 8.33. The van der Waals surface area contributed by atoms with E-state index in [2.05, 4.69) is 11.1 Å². The number of nitriles is 1. The van der Waals surface area contributed by atoms with Gasteiger partial charge in [0.2, 0.25) is 0 Å². The van der Waals surface area contributed by atoms with E-state index >= 15 is 0 Å². The summed E-state index contributed by atoms with van der Waals surface area (Å²) in [6, 6.07) is 15.0. The first-order valence-electron chi connectivity index (χ1n) is 10.6. The van der Waals surface area contributed by atoms with Crippen LogP contribution in [0.4, 0.5) is 0 Å². The monoisotopic (exact) mass is 430 g/mol. The van der Waals surface area contributed by atoms with Crippen LogP contribution in [0.3, 0.4) is 0 Å². The minimum atomic E-state index is -1.40. The van der Waals surface area contributed by atoms with Gasteiger partial charge in [-0.15, -0.1) is 0 Å². The number of amides is 2. The van der Waals surface area contributed by atoms with Crippen molar-refractivity contribution in [3.05, 3.63) is 58.6 Å². The lowest BCUT2D eigenvalue weighted by atomic mass is 10.00. The van der Waals surface area contributed by atoms with Crippen LogP contribution in [-0.2, 0) is 9.53 Å². The Balaban J connectivity index is 1.25. The molecule has 2 aromatic carbocycles. The SMILES string of the molecule is N#CC1C=c2cc(-c3ccc(C(=O)N4CCN(C(=O)C5(O)COC5)CC4)cc3)ccc2=N1. The van der Waals surface area contributed by atoms with Gasteiger partial charge in [0.1, 0.15) is 0 Å². The molecule has 0 spiro atoms. The molecule has 1 unspecified atom stereocenters. The maximum absolute atomic E-state index is 12.9. The first-order valence-corrected chi connectivity index (χ1v) is 10.6. The molecular formula is C24H22N4O4. The van der Waals surface area contributed by atoms with Crippen LogP contribution >= 0.6 is 0 Å². The van der Waals surface area contributed by atoms with Crippen LogP contribution in [-0.4, -0.2) is 77.8 Å². The fourth-order valence-electron chi connectivity index (χ4n) is 4.22. The summed E-state index contributed by atoms with van der Waals surface area (Å²) in [7, 11) is 0. The topological polar surface area (TPSA) is 106 Å². The van der Waals surface area contributed by atoms with Crippen LogP contribution in [0, 0.1) is 11.3 Å². The fraction of sp³-hybridized carbons (Fsp3) is 0.333. The van der Waals surface area contributed by atoms with E-state index in [4.69, 9.17) is 10.00 Å². The van der Waals surface area contributed by atoms with Gasteiger partial charge in [0.05, 0.1) is 24.6 Å². The van der Waals surface area contributed by atoms with Crippen LogP contribution < -0.4 is 10.6 Å². The van der Waals surface area contributed by atoms with Crippen molar-refractivity contribution in [1.29, 1.82) is 5.26 Å². The fourth-order valence-corrected chi connectivity index (χ4v) is 4.22. The van der Waals surface area contributed by atoms with Gasteiger partial charge in [-0.3, -0.25) is 14.6 Å². The summed E-state index contributed by atoms with van der Waals surface area (Å²) >= 11 is 0. The van der Waals surface area contributed by atoms with E-state index in [1.165, 1.54) is 0 Å². The summed E-state index contributed by atoms with van der Waals surface area (Å²) < 4.78 is 4.96. The number of piperazine rings is 1. The van der Waals surface area contributed by atoms with E-state index < -0.39 is 11.6 Å². The molecule has 0 saturated carbocycles. The van der Waals surface area contributed by atoms with Gasteiger partial charge in [-0.05, 0) is 46.7 Å². The Bertz CT molecular complexity index is 1240. The largest absolute Gasteiger partial charge is 0.376 e. The Labute approximate surface area is 184 Å². The smallest absolute Gasteiger partial charge is 0.259 e. The number of ether oxygens (including phenoxy) is 1. The highest BCUT2D eigenvalue weighted by Crippen LogP contribution is 2.22. The van der Waals surface area contributed by atoms with Crippen molar-refractivity contribution < 1.29 is 19.4 Å². The number of fused-ring (bicyclic) bond motifs is 1. The van der Waals surface area contributed by atoms with Crippen molar-refractivity contribution in [2.75, 3.05) is 39.4 Å². The van der Waals surface area contributed by atoms with Gasteiger partial charge in [-0.2, -0.15) is 5.26 Å². The number of benzene rings is 2. The van der Waals surface area contributed by atoms with Crippen molar-refractivity contribution in [2.45, 2.75) is 11.6 Å². The maximum Gasteiger partial charge on any atom is 0.259 e. The lowest BCUT2D eigenvalue weighted by molar-refractivity contribution is -0.201. The second-order valence-electron chi connectivity index (χ2n) is 8.33. The summed E-state index contributed by atoms with van der Waals surface area (Å²) in [6.07, 6.45) is 1.84. The molecule has 0 aliphatic carbocycles. The highest BCUT2D eigenvalue weighted by Gasteiger charge is 2.46. The number of carbonyl (C=O) groups is 2. The van der Waals surface area contributed by atoms with Crippen molar-refractivity contribution in [3.8, 4) is 17.2 Å². The molecule has 1 N–H and O–H groups in total. The molecule has 3 aliphatic heterocycles. The van der Waals surface area contributed by atoms with E-state index in [9.17, 15) is 14.7 Å². The predicted molar refractivity (Wildman–Crippen MR) is 115 cm³/mol. The summed E-state index contributed by atoms with van der Waals surface area (Å²) in [4.78, 5) is 33.0. The first-order chi connectivity index (χ1) is 15.5. The third kappa shape index (κ3) is 3.55. The van der Waals surface area contributed by atoms with Crippen LogP contribution in [0.5, 0.6) is 0 Å². The van der Waals surface area contributed by atoms with Crippen molar-refractivity contribution in [3.63, 3.8) is 0 Å². The molecule has 162 valence electrons. The zero-order valence-electron chi connectivity index (χ0n) is 17.4. The second kappa shape index (κ2) is 7.86. The zero-order valence-corrected chi connectivity index (χ0v) is 17.4. The Hall–Kier alpha value is -3.54. The highest BCUT2D eigenvalue weighted by molar-refractivity contribution is 5.95. The molecule has 2 amide bonds. The van der Waals surface area contributed by atoms with Crippen LogP contribution in [0.1, 0.15) is 10.4 Å². The number of aliphatic hydroxyl groups is 1. The lowest BCUT2D eigenvalue weighted by Crippen LogP contribution is -2.64. The van der Waals surface area contributed by atoms with Gasteiger partial charge >= 0.3 is 0 Å². The normalized spacial score (nSPS) is 20.9. The zero-order chi connectivity index (χ0) is 22.3. The van der Waals surface area contributed by atoms with Gasteiger partial charge in [-0.1, -0.05) is 18.2 Å². The summed E-state index contributed by atoms with van der Waals surface area (Å²) in [5.74, 6) is -0.395. The summed E-state index contributed by atoms with van der Waals surface area (Å²) in [5, 5.41) is 21.0. The Morgan fingerprint density at radius 1 is 1.03 bits per heavy atom. The molecule has 0 bridgehead atoms. The van der Waals surface area contributed by atoms with E-state index in [1.807, 2.05) is 48.5 Å². The van der Waals surface area contributed by atoms with E-state index in [0.717, 1.165) is 21.7 Å². The lowest BCUT2D eigenvalue weighted by Gasteiger charge is -2.42. The quantitative estimate of drug-likeness (QED) is 0.720. The van der Waals surface area contributed by atoms with Crippen molar-refractivity contribution >= 4 is 17.9 Å². The summed E-state index contributed by atoms with van der Waals surface area (Å²) in [5.41, 5.74) is 1.16. The number of hydrogen-bond acceptors (Lipinski definition) is 6. The molecule has 8 heteroatoms. The number of nitrogens with zero attached hydrogens (tertiary/aromatic N) is 4. The third-order valence-electron chi connectivity index (χ3n) is 6.17. The number of rotatable bonds is 3. The summed E-state index contributed by atoms with van der Waals surface area (Å²) in [6.45, 7) is 1.71. The van der Waals surface area contributed by atoms with Gasteiger partial charge < -0.3 is 19.6 Å². The molecule has 0 aromatic heterocycles. The maximum atomic E-state index is 12.9. The molecule has 2 saturated heterocycles. The van der Waals surface area contributed by atoms with Crippen molar-refractivity contribution in [2.24, 2.45) is 4.99 Å². The van der Waals surface area contributed by atoms with Gasteiger partial charge in [0.15, 0.2) is 11.6 Å². The minimum absolute atomic E-state index is 0.0350. The number of carbonyl (C=O) groups excluding carboxylic acids is 2. The molecular weight excluding hydrogens is 408 g/mol. The average molecular weight is 430 g/mol. The molecule has 3 heterocycles. The predicted octanol–water partition coefficient (Wildman–Crippen LogP) is -0.295. The van der Waals surface area contributed by atoms with Gasteiger partial charge in [0, 0.05) is 31.7 Å². The molecule has 2 aromatic rings. The molecule has 0 radical (unpaired) electrons. The Morgan fingerprint density at radius 3 is 2.31 bits per heavy atom. The standard InChI is InChI=1S/C24H22N4O4/c25-13-20-12-19-11-18(5-6-21(19)26-20)16-1-3-17(4-2-16)22(29)27-7-9-28(10-8-27)23(30)24(31)14-32-15-24/h1-6,11-12,20,31H,7-10,14-15H2. The minimum Gasteiger partial charge on any atom is -0.376 e. The molecule has 8 nitrogen and oxygen atoms in total. The van der Waals surface area contributed by atoms with Crippen LogP contribution in [0.2, 0.25) is 0 Å². The Morgan fingerprint density at radius 2 is 1.69 bits per heavy atom. The molecule has 32 heavy (non-hydrogen) atoms. The van der Waals surface area contributed by atoms with Crippen molar-refractivity contribution in [1.82, 2.24) is 9.80 Å². The Kier molecular flexibility index (Phi) is 5.00. The first kappa shape index (κ1) is 20.4. The third-order valence-corrected chi connectivity index (χ3v) is 6.17. The highest BCUT2D eigenvalue weighted by atomic mass is 16.5. The van der Waals surface area contributed by atoms with Gasteiger partial charge in [-0.25, -0.2) is 0 Å². The number of hydrogen-bond donors (Lipinski definition) is 1. The van der Waals surface area contributed by atoms with E-state index in [0.29, 0.717) is 31.7 Å².